The van der Waals surface area contributed by atoms with Crippen molar-refractivity contribution >= 4 is 19.8 Å². The zero-order valence-corrected chi connectivity index (χ0v) is 35.7. The maximum absolute atomic E-state index is 12.8. The number of aliphatic hydroxyl groups excluding tert-OH is 5. The highest BCUT2D eigenvalue weighted by Crippen LogP contribution is 2.47. The van der Waals surface area contributed by atoms with Crippen molar-refractivity contribution < 1.29 is 63.1 Å². The van der Waals surface area contributed by atoms with Crippen molar-refractivity contribution in [2.45, 2.75) is 179 Å². The topological polar surface area (TPSA) is 210 Å². The van der Waals surface area contributed by atoms with Gasteiger partial charge in [-0.15, -0.1) is 0 Å². The van der Waals surface area contributed by atoms with Crippen LogP contribution in [0.1, 0.15) is 136 Å². The molecule has 0 bridgehead atoms. The van der Waals surface area contributed by atoms with Crippen molar-refractivity contribution in [2.75, 3.05) is 13.2 Å². The molecule has 1 rings (SSSR count). The number of carbonyl (C=O) groups is 2. The fraction of sp³-hybridized carbons (Fsp3) is 0.682. The second-order valence-electron chi connectivity index (χ2n) is 14.5. The van der Waals surface area contributed by atoms with Crippen LogP contribution in [0.4, 0.5) is 0 Å². The van der Waals surface area contributed by atoms with E-state index in [2.05, 4.69) is 62.5 Å². The molecule has 0 spiro atoms. The summed E-state index contributed by atoms with van der Waals surface area (Å²) in [6.07, 6.45) is 28.2. The minimum atomic E-state index is -5.13. The van der Waals surface area contributed by atoms with Crippen molar-refractivity contribution in [3.05, 3.63) is 72.9 Å². The minimum absolute atomic E-state index is 0.0666. The van der Waals surface area contributed by atoms with Crippen molar-refractivity contribution in [1.29, 1.82) is 0 Å². The molecule has 14 heteroatoms. The van der Waals surface area contributed by atoms with Crippen LogP contribution >= 0.6 is 7.82 Å². The zero-order valence-electron chi connectivity index (χ0n) is 34.8. The van der Waals surface area contributed by atoms with Crippen LogP contribution < -0.4 is 0 Å². The lowest BCUT2D eigenvalue weighted by Crippen LogP contribution is -2.64. The van der Waals surface area contributed by atoms with Gasteiger partial charge < -0.3 is 39.9 Å². The van der Waals surface area contributed by atoms with Gasteiger partial charge in [0.05, 0.1) is 6.61 Å². The molecule has 1 aliphatic carbocycles. The lowest BCUT2D eigenvalue weighted by molar-refractivity contribution is -0.220. The molecule has 332 valence electrons. The Bertz CT molecular complexity index is 1290. The van der Waals surface area contributed by atoms with E-state index in [1.54, 1.807) is 0 Å². The summed E-state index contributed by atoms with van der Waals surface area (Å²) in [6, 6.07) is 0. The normalized spacial score (nSPS) is 23.2. The van der Waals surface area contributed by atoms with Crippen molar-refractivity contribution in [2.24, 2.45) is 0 Å². The summed E-state index contributed by atoms with van der Waals surface area (Å²) in [5, 5.41) is 50.0. The summed E-state index contributed by atoms with van der Waals surface area (Å²) in [6.45, 7) is 3.00. The quantitative estimate of drug-likeness (QED) is 0.0124. The first kappa shape index (κ1) is 53.3. The van der Waals surface area contributed by atoms with E-state index in [-0.39, 0.29) is 12.8 Å². The second-order valence-corrected chi connectivity index (χ2v) is 15.9. The van der Waals surface area contributed by atoms with E-state index in [4.69, 9.17) is 18.5 Å². The summed E-state index contributed by atoms with van der Waals surface area (Å²) in [5.74, 6) is -1.15. The largest absolute Gasteiger partial charge is 0.472 e. The Labute approximate surface area is 346 Å². The van der Waals surface area contributed by atoms with Gasteiger partial charge >= 0.3 is 19.8 Å². The number of esters is 2. The van der Waals surface area contributed by atoms with E-state index < -0.39 is 75.7 Å². The fourth-order valence-corrected chi connectivity index (χ4v) is 6.92. The van der Waals surface area contributed by atoms with Gasteiger partial charge in [-0.05, 0) is 64.2 Å². The fourth-order valence-electron chi connectivity index (χ4n) is 5.95. The van der Waals surface area contributed by atoms with E-state index in [9.17, 15) is 44.6 Å². The van der Waals surface area contributed by atoms with E-state index in [1.807, 2.05) is 24.3 Å². The van der Waals surface area contributed by atoms with Crippen molar-refractivity contribution in [3.8, 4) is 0 Å². The van der Waals surface area contributed by atoms with Gasteiger partial charge in [0.1, 0.15) is 43.2 Å². The Morgan fingerprint density at radius 2 is 1.02 bits per heavy atom. The molecule has 1 saturated carbocycles. The maximum atomic E-state index is 12.8. The summed E-state index contributed by atoms with van der Waals surface area (Å²) in [4.78, 5) is 35.6. The number of ether oxygens (including phenoxy) is 2. The smallest absolute Gasteiger partial charge is 0.462 e. The lowest BCUT2D eigenvalue weighted by atomic mass is 9.85. The summed E-state index contributed by atoms with van der Waals surface area (Å²) in [7, 11) is -5.13. The Morgan fingerprint density at radius 1 is 0.552 bits per heavy atom. The van der Waals surface area contributed by atoms with Gasteiger partial charge in [0.2, 0.25) is 0 Å². The molecule has 58 heavy (non-hydrogen) atoms. The number of hydrogen-bond donors (Lipinski definition) is 6. The molecule has 0 aliphatic heterocycles. The standard InChI is InChI=1S/C44H73O13P/c1-3-5-7-9-11-13-15-17-18-19-21-22-24-26-28-30-32-37(45)54-34-36(35-55-58(52,53)57-44-42(50)40(48)39(47)41(49)43(44)51)56-38(46)33-31-29-27-25-23-20-16-14-12-10-8-6-4-2/h5-8,10-14,16-18,36,39-44,47-51H,3-4,9,15,19-35H2,1-2H3,(H,52,53)/b7-5+,8-6+,12-10+,13-11+,16-14+,18-17+/t36?,39?,40-,41?,42?,43?,44?/m0/s1. The predicted octanol–water partition coefficient (Wildman–Crippen LogP) is 7.55. The first-order chi connectivity index (χ1) is 27.9. The first-order valence-corrected chi connectivity index (χ1v) is 22.8. The summed E-state index contributed by atoms with van der Waals surface area (Å²) >= 11 is 0. The van der Waals surface area contributed by atoms with Gasteiger partial charge in [-0.1, -0.05) is 132 Å². The van der Waals surface area contributed by atoms with Crippen LogP contribution in [0.15, 0.2) is 72.9 Å². The predicted molar refractivity (Wildman–Crippen MR) is 225 cm³/mol. The SMILES string of the molecule is CC/C=C/C=C/C=C/CCCCCCCC(=O)OC(COC(=O)CCCCCCCC/C=C/C/C=C/C/C=C/CC)COP(=O)(O)OC1C(O)C(O)C(O)[C@H](O)C1O. The van der Waals surface area contributed by atoms with Crippen molar-refractivity contribution in [1.82, 2.24) is 0 Å². The molecule has 6 N–H and O–H groups in total. The average Bonchev–Trinajstić information content (AvgIpc) is 3.20. The molecule has 1 fully saturated rings. The molecule has 0 aromatic rings. The van der Waals surface area contributed by atoms with Crippen molar-refractivity contribution in [3.63, 3.8) is 0 Å². The molecule has 0 saturated heterocycles. The van der Waals surface area contributed by atoms with Gasteiger partial charge in [-0.25, -0.2) is 4.57 Å². The third-order valence-corrected chi connectivity index (χ3v) is 10.3. The number of allylic oxidation sites excluding steroid dienone is 12. The molecule has 0 aromatic heterocycles. The zero-order chi connectivity index (χ0) is 42.9. The molecule has 0 radical (unpaired) electrons. The third kappa shape index (κ3) is 26.4. The Kier molecular flexibility index (Phi) is 31.3. The van der Waals surface area contributed by atoms with Gasteiger partial charge in [-0.2, -0.15) is 0 Å². The monoisotopic (exact) mass is 840 g/mol. The van der Waals surface area contributed by atoms with Crippen LogP contribution in [-0.2, 0) is 32.7 Å². The molecule has 0 amide bonds. The number of phosphoric ester groups is 1. The highest BCUT2D eigenvalue weighted by atomic mass is 31.2. The minimum Gasteiger partial charge on any atom is -0.462 e. The van der Waals surface area contributed by atoms with E-state index in [0.717, 1.165) is 96.3 Å². The molecular formula is C44H73O13P. The van der Waals surface area contributed by atoms with Gasteiger partial charge in [0.25, 0.3) is 0 Å². The van der Waals surface area contributed by atoms with Gasteiger partial charge in [-0.3, -0.25) is 18.6 Å². The average molecular weight is 841 g/mol. The second kappa shape index (κ2) is 34.0. The van der Waals surface area contributed by atoms with E-state index in [0.29, 0.717) is 12.8 Å². The maximum Gasteiger partial charge on any atom is 0.472 e. The van der Waals surface area contributed by atoms with Crippen LogP contribution in [-0.4, -0.2) is 98.3 Å². The molecular weight excluding hydrogens is 767 g/mol. The molecule has 0 heterocycles. The Morgan fingerprint density at radius 3 is 1.60 bits per heavy atom. The molecule has 0 aromatic carbocycles. The van der Waals surface area contributed by atoms with Crippen LogP contribution in [0.5, 0.6) is 0 Å². The number of hydrogen-bond acceptors (Lipinski definition) is 12. The first-order valence-electron chi connectivity index (χ1n) is 21.3. The van der Waals surface area contributed by atoms with Gasteiger partial charge in [0, 0.05) is 12.8 Å². The van der Waals surface area contributed by atoms with Crippen LogP contribution in [0.3, 0.4) is 0 Å². The van der Waals surface area contributed by atoms with E-state index >= 15 is 0 Å². The lowest BCUT2D eigenvalue weighted by Gasteiger charge is -2.41. The number of carbonyl (C=O) groups excluding carboxylic acids is 2. The highest BCUT2D eigenvalue weighted by Gasteiger charge is 2.51. The van der Waals surface area contributed by atoms with Gasteiger partial charge in [0.15, 0.2) is 6.10 Å². The Hall–Kier alpha value is -2.71. The summed E-state index contributed by atoms with van der Waals surface area (Å²) < 4.78 is 33.4. The van der Waals surface area contributed by atoms with Crippen LogP contribution in [0, 0.1) is 0 Å². The molecule has 1 aliphatic rings. The van der Waals surface area contributed by atoms with E-state index in [1.165, 1.54) is 0 Å². The highest BCUT2D eigenvalue weighted by molar-refractivity contribution is 7.47. The number of unbranched alkanes of at least 4 members (excludes halogenated alkanes) is 11. The summed E-state index contributed by atoms with van der Waals surface area (Å²) in [5.41, 5.74) is 0. The van der Waals surface area contributed by atoms with Crippen LogP contribution in [0.2, 0.25) is 0 Å². The Balaban J connectivity index is 2.52. The number of phosphoric acid groups is 1. The third-order valence-electron chi connectivity index (χ3n) is 9.35. The molecule has 8 atom stereocenters. The molecule has 7 unspecified atom stereocenters. The number of aliphatic hydroxyl groups is 5. The number of rotatable bonds is 33. The molecule has 13 nitrogen and oxygen atoms in total. The van der Waals surface area contributed by atoms with Crippen LogP contribution in [0.25, 0.3) is 0 Å².